The molecule has 0 nitrogen and oxygen atoms in total. The average Bonchev–Trinajstić information content (AvgIpc) is 2.69. The molecular weight excluding hydrogens is 525 g/mol. The van der Waals surface area contributed by atoms with Crippen LogP contribution in [0.1, 0.15) is 33.4 Å². The van der Waals surface area contributed by atoms with Gasteiger partial charge in [0.1, 0.15) is 0 Å². The molecule has 0 heterocycles. The van der Waals surface area contributed by atoms with Crippen molar-refractivity contribution in [2.75, 3.05) is 0 Å². The van der Waals surface area contributed by atoms with Gasteiger partial charge in [-0.2, -0.15) is 37.5 Å². The van der Waals surface area contributed by atoms with Crippen molar-refractivity contribution in [3.05, 3.63) is 51.6 Å². The van der Waals surface area contributed by atoms with Crippen molar-refractivity contribution in [1.29, 1.82) is 0 Å². The minimum atomic E-state index is -4.84. The van der Waals surface area contributed by atoms with E-state index in [9.17, 15) is 26.3 Å². The van der Waals surface area contributed by atoms with Crippen molar-refractivity contribution in [3.8, 4) is 11.1 Å². The van der Waals surface area contributed by atoms with Crippen LogP contribution in [0, 0.1) is 20.8 Å². The largest absolute Gasteiger partial charge is 4.00 e. The van der Waals surface area contributed by atoms with Gasteiger partial charge < -0.3 is 37.2 Å². The van der Waals surface area contributed by atoms with Gasteiger partial charge in [0.15, 0.2) is 0 Å². The van der Waals surface area contributed by atoms with Crippen LogP contribution in [0.3, 0.4) is 0 Å². The molecule has 0 atom stereocenters. The van der Waals surface area contributed by atoms with Crippen LogP contribution in [-0.2, 0) is 40.1 Å². The predicted molar refractivity (Wildman–Crippen MR) is 94.3 cm³/mol. The third-order valence-electron chi connectivity index (χ3n) is 4.74. The summed E-state index contributed by atoms with van der Waals surface area (Å²) in [5, 5.41) is 0. The van der Waals surface area contributed by atoms with E-state index in [1.807, 2.05) is 13.8 Å². The van der Waals surface area contributed by atoms with Gasteiger partial charge in [0.25, 0.3) is 0 Å². The van der Waals surface area contributed by atoms with E-state index in [-0.39, 0.29) is 70.6 Å². The van der Waals surface area contributed by atoms with Gasteiger partial charge in [0, 0.05) is 19.9 Å². The number of halogens is 9. The summed E-state index contributed by atoms with van der Waals surface area (Å²) in [6.45, 7) is 9.72. The van der Waals surface area contributed by atoms with Gasteiger partial charge >= 0.3 is 34.1 Å². The fraction of sp³-hybridized carbons (Fsp3) is 0.421. The number of rotatable bonds is 3. The number of benzene rings is 1. The van der Waals surface area contributed by atoms with E-state index in [1.165, 1.54) is 0 Å². The summed E-state index contributed by atoms with van der Waals surface area (Å²) < 4.78 is 79.1. The van der Waals surface area contributed by atoms with Gasteiger partial charge in [-0.15, -0.1) is 16.7 Å². The van der Waals surface area contributed by atoms with Crippen molar-refractivity contribution in [1.82, 2.24) is 0 Å². The quantitative estimate of drug-likeness (QED) is 0.230. The second-order valence-corrected chi connectivity index (χ2v) is 10.3. The zero-order valence-electron chi connectivity index (χ0n) is 16.9. The summed E-state index contributed by atoms with van der Waals surface area (Å²) in [6, 6.07) is 2.58. The molecule has 0 bridgehead atoms. The molecule has 0 saturated carbocycles. The van der Waals surface area contributed by atoms with Gasteiger partial charge in [-0.3, -0.25) is 0 Å². The zero-order valence-corrected chi connectivity index (χ0v) is 21.9. The van der Waals surface area contributed by atoms with Crippen LogP contribution in [0.25, 0.3) is 11.1 Å². The van der Waals surface area contributed by atoms with Crippen molar-refractivity contribution in [3.63, 3.8) is 0 Å². The molecule has 0 aliphatic rings. The first-order valence-electron chi connectivity index (χ1n) is 8.28. The molecular formula is C19H21Cl3F6SiTi. The van der Waals surface area contributed by atoms with Crippen molar-refractivity contribution in [2.24, 2.45) is 0 Å². The Balaban J connectivity index is -0.00000182. The van der Waals surface area contributed by atoms with Crippen LogP contribution < -0.4 is 37.2 Å². The van der Waals surface area contributed by atoms with Crippen molar-refractivity contribution >= 4 is 8.80 Å². The molecule has 0 aliphatic heterocycles. The second kappa shape index (κ2) is 12.3. The SMILES string of the molecule is Cc1c(C)c(-c2cc(C(F)(F)F)cc(C(F)(F)F)c2)[c-](C[SiH](C)C)c1C.[Cl-].[Cl-].[Cl-].[Ti+4]. The normalized spacial score (nSPS) is 11.2. The van der Waals surface area contributed by atoms with E-state index in [0.29, 0.717) is 5.56 Å². The van der Waals surface area contributed by atoms with Crippen LogP contribution in [0.2, 0.25) is 13.1 Å². The summed E-state index contributed by atoms with van der Waals surface area (Å²) in [7, 11) is -1.12. The Hall–Kier alpha value is -0.0488. The Labute approximate surface area is 208 Å². The third-order valence-corrected chi connectivity index (χ3v) is 5.97. The fourth-order valence-corrected chi connectivity index (χ4v) is 4.59. The minimum absolute atomic E-state index is 0. The van der Waals surface area contributed by atoms with Crippen LogP contribution in [-0.4, -0.2) is 8.80 Å². The third kappa shape index (κ3) is 7.52. The average molecular weight is 546 g/mol. The maximum absolute atomic E-state index is 13.2. The molecule has 30 heavy (non-hydrogen) atoms. The first-order chi connectivity index (χ1) is 11.7. The van der Waals surface area contributed by atoms with E-state index < -0.39 is 32.3 Å². The van der Waals surface area contributed by atoms with Crippen LogP contribution >= 0.6 is 0 Å². The Morgan fingerprint density at radius 3 is 1.50 bits per heavy atom. The molecule has 0 fully saturated rings. The standard InChI is InChI=1S/C19H21F6Si.3ClH.Ti/c1-10-11(2)16(9-26(4)5)17(12(10)3)13-6-14(18(20,21)22)8-15(7-13)19(23,24)25;;;;/h6-8,26H,9H2,1-5H3;3*1H;/q-1;;;;+4/p-3. The Morgan fingerprint density at radius 1 is 0.767 bits per heavy atom. The van der Waals surface area contributed by atoms with E-state index in [0.717, 1.165) is 40.4 Å². The summed E-state index contributed by atoms with van der Waals surface area (Å²) >= 11 is 0. The van der Waals surface area contributed by atoms with Gasteiger partial charge in [0.05, 0.1) is 0 Å². The van der Waals surface area contributed by atoms with Crippen molar-refractivity contribution < 1.29 is 85.3 Å². The van der Waals surface area contributed by atoms with Crippen LogP contribution in [0.15, 0.2) is 18.2 Å². The van der Waals surface area contributed by atoms with E-state index >= 15 is 0 Å². The molecule has 0 aliphatic carbocycles. The summed E-state index contributed by atoms with van der Waals surface area (Å²) in [5.74, 6) is 0. The van der Waals surface area contributed by atoms with Gasteiger partial charge in [-0.25, -0.2) is 0 Å². The number of hydrogen-bond donors (Lipinski definition) is 0. The summed E-state index contributed by atoms with van der Waals surface area (Å²) in [6.07, 6.45) is -9.68. The summed E-state index contributed by atoms with van der Waals surface area (Å²) in [4.78, 5) is 0. The molecule has 0 unspecified atom stereocenters. The number of alkyl halides is 6. The van der Waals surface area contributed by atoms with Crippen LogP contribution in [0.5, 0.6) is 0 Å². The maximum Gasteiger partial charge on any atom is 4.00 e. The van der Waals surface area contributed by atoms with E-state index in [4.69, 9.17) is 0 Å². The topological polar surface area (TPSA) is 0 Å². The smallest absolute Gasteiger partial charge is 1.00 e. The summed E-state index contributed by atoms with van der Waals surface area (Å²) in [5.41, 5.74) is 1.49. The molecule has 0 saturated heterocycles. The molecule has 0 aromatic heterocycles. The zero-order chi connectivity index (χ0) is 20.0. The number of hydrogen-bond acceptors (Lipinski definition) is 0. The Bertz CT molecular complexity index is 797. The minimum Gasteiger partial charge on any atom is -1.00 e. The predicted octanol–water partition coefficient (Wildman–Crippen LogP) is -2.39. The second-order valence-electron chi connectivity index (χ2n) is 7.12. The monoisotopic (exact) mass is 544 g/mol. The van der Waals surface area contributed by atoms with E-state index in [2.05, 4.69) is 13.1 Å². The maximum atomic E-state index is 13.2. The van der Waals surface area contributed by atoms with Crippen molar-refractivity contribution in [2.45, 2.75) is 52.3 Å². The Kier molecular flexibility index (Phi) is 14.1. The molecule has 2 aromatic rings. The first kappa shape index (κ1) is 34.6. The molecule has 0 amide bonds. The molecule has 168 valence electrons. The fourth-order valence-electron chi connectivity index (χ4n) is 3.26. The van der Waals surface area contributed by atoms with Crippen LogP contribution in [0.4, 0.5) is 26.3 Å². The Morgan fingerprint density at radius 2 is 1.17 bits per heavy atom. The van der Waals surface area contributed by atoms with Gasteiger partial charge in [-0.1, -0.05) is 57.6 Å². The first-order valence-corrected chi connectivity index (χ1v) is 11.4. The molecule has 11 heteroatoms. The molecule has 2 rings (SSSR count). The molecule has 0 spiro atoms. The molecule has 2 aromatic carbocycles. The van der Waals surface area contributed by atoms with Gasteiger partial charge in [0.2, 0.25) is 0 Å². The molecule has 0 radical (unpaired) electrons. The molecule has 0 N–H and O–H groups in total. The van der Waals surface area contributed by atoms with Gasteiger partial charge in [-0.05, 0) is 6.07 Å². The van der Waals surface area contributed by atoms with E-state index in [1.54, 1.807) is 6.92 Å².